The van der Waals surface area contributed by atoms with Gasteiger partial charge in [-0.25, -0.2) is 0 Å². The number of para-hydroxylation sites is 1. The van der Waals surface area contributed by atoms with E-state index in [1.54, 1.807) is 0 Å². The lowest BCUT2D eigenvalue weighted by atomic mass is 9.89. The summed E-state index contributed by atoms with van der Waals surface area (Å²) in [6.45, 7) is 6.21. The summed E-state index contributed by atoms with van der Waals surface area (Å²) >= 11 is 0. The number of carboxylic acid groups (broad SMARTS) is 1. The molecule has 2 rings (SSSR count). The standard InChI is InChI=1S/C17H25NO3/c1-3-14-8-9-18(15(12-14)17(19)20)10-11-21-16-7-5-4-6-13(16)2/h4-7,14-15H,3,8-12H2,1-2H3,(H,19,20). The van der Waals surface area contributed by atoms with E-state index in [1.807, 2.05) is 36.1 Å². The van der Waals surface area contributed by atoms with Crippen LogP contribution in [0.25, 0.3) is 0 Å². The summed E-state index contributed by atoms with van der Waals surface area (Å²) in [4.78, 5) is 13.5. The Morgan fingerprint density at radius 2 is 2.19 bits per heavy atom. The van der Waals surface area contributed by atoms with Crippen LogP contribution in [0.1, 0.15) is 31.7 Å². The molecule has 2 unspecified atom stereocenters. The number of hydrogen-bond acceptors (Lipinski definition) is 3. The fraction of sp³-hybridized carbons (Fsp3) is 0.588. The summed E-state index contributed by atoms with van der Waals surface area (Å²) < 4.78 is 5.79. The van der Waals surface area contributed by atoms with Crippen molar-refractivity contribution < 1.29 is 14.6 Å². The van der Waals surface area contributed by atoms with Crippen LogP contribution in [0.5, 0.6) is 5.75 Å². The first-order valence-electron chi connectivity index (χ1n) is 7.77. The van der Waals surface area contributed by atoms with Crippen molar-refractivity contribution in [2.24, 2.45) is 5.92 Å². The molecule has 1 aromatic carbocycles. The summed E-state index contributed by atoms with van der Waals surface area (Å²) in [6.07, 6.45) is 2.91. The molecule has 1 aromatic rings. The minimum Gasteiger partial charge on any atom is -0.492 e. The quantitative estimate of drug-likeness (QED) is 0.875. The highest BCUT2D eigenvalue weighted by atomic mass is 16.5. The molecule has 0 spiro atoms. The molecule has 116 valence electrons. The van der Waals surface area contributed by atoms with Gasteiger partial charge in [0.2, 0.25) is 0 Å². The zero-order valence-corrected chi connectivity index (χ0v) is 12.9. The lowest BCUT2D eigenvalue weighted by Gasteiger charge is -2.36. The first-order chi connectivity index (χ1) is 10.1. The summed E-state index contributed by atoms with van der Waals surface area (Å²) in [5.74, 6) is 0.719. The number of aryl methyl sites for hydroxylation is 1. The topological polar surface area (TPSA) is 49.8 Å². The van der Waals surface area contributed by atoms with Crippen molar-refractivity contribution in [3.63, 3.8) is 0 Å². The van der Waals surface area contributed by atoms with E-state index in [0.29, 0.717) is 19.1 Å². The number of rotatable bonds is 6. The van der Waals surface area contributed by atoms with Gasteiger partial charge in [0.05, 0.1) is 0 Å². The molecule has 1 heterocycles. The molecule has 1 aliphatic rings. The molecule has 1 fully saturated rings. The molecule has 0 saturated carbocycles. The first kappa shape index (κ1) is 15.8. The van der Waals surface area contributed by atoms with E-state index in [9.17, 15) is 9.90 Å². The Kier molecular flexibility index (Phi) is 5.62. The molecule has 1 N–H and O–H groups in total. The van der Waals surface area contributed by atoms with Crippen molar-refractivity contribution in [1.29, 1.82) is 0 Å². The number of carboxylic acids is 1. The van der Waals surface area contributed by atoms with E-state index in [2.05, 4.69) is 6.92 Å². The molecule has 0 aliphatic carbocycles. The van der Waals surface area contributed by atoms with Crippen molar-refractivity contribution >= 4 is 5.97 Å². The SMILES string of the molecule is CCC1CCN(CCOc2ccccc2C)C(C(=O)O)C1. The van der Waals surface area contributed by atoms with E-state index >= 15 is 0 Å². The van der Waals surface area contributed by atoms with Crippen molar-refractivity contribution in [3.8, 4) is 5.75 Å². The van der Waals surface area contributed by atoms with Gasteiger partial charge in [-0.15, -0.1) is 0 Å². The van der Waals surface area contributed by atoms with Crippen LogP contribution >= 0.6 is 0 Å². The fourth-order valence-electron chi connectivity index (χ4n) is 2.97. The Labute approximate surface area is 126 Å². The number of nitrogens with zero attached hydrogens (tertiary/aromatic N) is 1. The highest BCUT2D eigenvalue weighted by Gasteiger charge is 2.32. The van der Waals surface area contributed by atoms with E-state index in [4.69, 9.17) is 4.74 Å². The Morgan fingerprint density at radius 1 is 1.43 bits per heavy atom. The van der Waals surface area contributed by atoms with Crippen LogP contribution in [0, 0.1) is 12.8 Å². The number of carbonyl (C=O) groups is 1. The maximum Gasteiger partial charge on any atom is 0.320 e. The third-order valence-corrected chi connectivity index (χ3v) is 4.41. The maximum atomic E-state index is 11.4. The van der Waals surface area contributed by atoms with Gasteiger partial charge in [-0.2, -0.15) is 0 Å². The molecule has 0 aromatic heterocycles. The maximum absolute atomic E-state index is 11.4. The van der Waals surface area contributed by atoms with Crippen LogP contribution in [0.3, 0.4) is 0 Å². The van der Waals surface area contributed by atoms with Crippen molar-refractivity contribution in [2.45, 2.75) is 39.2 Å². The molecular weight excluding hydrogens is 266 g/mol. The highest BCUT2D eigenvalue weighted by molar-refractivity contribution is 5.73. The van der Waals surface area contributed by atoms with Crippen LogP contribution < -0.4 is 4.74 Å². The van der Waals surface area contributed by atoms with Gasteiger partial charge in [0.15, 0.2) is 0 Å². The predicted octanol–water partition coefficient (Wildman–Crippen LogP) is 2.95. The van der Waals surface area contributed by atoms with E-state index in [0.717, 1.165) is 37.1 Å². The van der Waals surface area contributed by atoms with Gasteiger partial charge in [0.1, 0.15) is 18.4 Å². The Hall–Kier alpha value is -1.55. The van der Waals surface area contributed by atoms with Crippen molar-refractivity contribution in [1.82, 2.24) is 4.90 Å². The molecule has 0 radical (unpaired) electrons. The number of aliphatic carboxylic acids is 1. The number of hydrogen-bond donors (Lipinski definition) is 1. The summed E-state index contributed by atoms with van der Waals surface area (Å²) in [5, 5.41) is 9.40. The van der Waals surface area contributed by atoms with Gasteiger partial charge in [-0.3, -0.25) is 9.69 Å². The summed E-state index contributed by atoms with van der Waals surface area (Å²) in [7, 11) is 0. The zero-order valence-electron chi connectivity index (χ0n) is 12.9. The van der Waals surface area contributed by atoms with Gasteiger partial charge in [-0.1, -0.05) is 31.5 Å². The predicted molar refractivity (Wildman–Crippen MR) is 82.7 cm³/mol. The van der Waals surface area contributed by atoms with Gasteiger partial charge < -0.3 is 9.84 Å². The molecule has 0 amide bonds. The molecule has 4 nitrogen and oxygen atoms in total. The minimum absolute atomic E-state index is 0.357. The Bertz CT molecular complexity index is 475. The van der Waals surface area contributed by atoms with Gasteiger partial charge >= 0.3 is 5.97 Å². The van der Waals surface area contributed by atoms with Gasteiger partial charge in [0, 0.05) is 6.54 Å². The molecule has 0 bridgehead atoms. The second-order valence-electron chi connectivity index (χ2n) is 5.80. The average molecular weight is 291 g/mol. The molecule has 2 atom stereocenters. The molecule has 21 heavy (non-hydrogen) atoms. The van der Waals surface area contributed by atoms with Crippen LogP contribution in [0.15, 0.2) is 24.3 Å². The van der Waals surface area contributed by atoms with E-state index in [1.165, 1.54) is 0 Å². The number of likely N-dealkylation sites (tertiary alicyclic amines) is 1. The van der Waals surface area contributed by atoms with Crippen LogP contribution in [0.4, 0.5) is 0 Å². The van der Waals surface area contributed by atoms with Crippen LogP contribution in [-0.2, 0) is 4.79 Å². The number of ether oxygens (including phenoxy) is 1. The van der Waals surface area contributed by atoms with Crippen molar-refractivity contribution in [3.05, 3.63) is 29.8 Å². The van der Waals surface area contributed by atoms with Crippen LogP contribution in [-0.4, -0.2) is 41.7 Å². The third-order valence-electron chi connectivity index (χ3n) is 4.41. The third kappa shape index (κ3) is 4.21. The lowest BCUT2D eigenvalue weighted by Crippen LogP contribution is -2.48. The second-order valence-corrected chi connectivity index (χ2v) is 5.80. The molecular formula is C17H25NO3. The largest absolute Gasteiger partial charge is 0.492 e. The monoisotopic (exact) mass is 291 g/mol. The smallest absolute Gasteiger partial charge is 0.320 e. The molecule has 1 aliphatic heterocycles. The fourth-order valence-corrected chi connectivity index (χ4v) is 2.97. The highest BCUT2D eigenvalue weighted by Crippen LogP contribution is 2.25. The minimum atomic E-state index is -0.705. The molecule has 1 saturated heterocycles. The van der Waals surface area contributed by atoms with Gasteiger partial charge in [-0.05, 0) is 43.9 Å². The number of piperidine rings is 1. The molecule has 4 heteroatoms. The van der Waals surface area contributed by atoms with Crippen LogP contribution in [0.2, 0.25) is 0 Å². The Balaban J connectivity index is 1.87. The zero-order chi connectivity index (χ0) is 15.2. The summed E-state index contributed by atoms with van der Waals surface area (Å²) in [5.41, 5.74) is 1.11. The average Bonchev–Trinajstić information content (AvgIpc) is 2.49. The van der Waals surface area contributed by atoms with E-state index in [-0.39, 0.29) is 6.04 Å². The Morgan fingerprint density at radius 3 is 2.86 bits per heavy atom. The second kappa shape index (κ2) is 7.46. The summed E-state index contributed by atoms with van der Waals surface area (Å²) in [6, 6.07) is 7.55. The number of benzene rings is 1. The van der Waals surface area contributed by atoms with Gasteiger partial charge in [0.25, 0.3) is 0 Å². The normalized spacial score (nSPS) is 23.0. The van der Waals surface area contributed by atoms with Crippen molar-refractivity contribution in [2.75, 3.05) is 19.7 Å². The first-order valence-corrected chi connectivity index (χ1v) is 7.77. The lowest BCUT2D eigenvalue weighted by molar-refractivity contribution is -0.145. The van der Waals surface area contributed by atoms with E-state index < -0.39 is 5.97 Å².